The average Bonchev–Trinajstić information content (AvgIpc) is 2.73. The number of nitrogens with two attached hydrogens (primary N) is 1. The molecule has 0 radical (unpaired) electrons. The van der Waals surface area contributed by atoms with E-state index < -0.39 is 0 Å². The van der Waals surface area contributed by atoms with E-state index in [9.17, 15) is 5.11 Å². The lowest BCUT2D eigenvalue weighted by Crippen LogP contribution is -2.29. The molecule has 1 aromatic carbocycles. The summed E-state index contributed by atoms with van der Waals surface area (Å²) in [6.07, 6.45) is 0. The van der Waals surface area contributed by atoms with Crippen LogP contribution in [0.3, 0.4) is 0 Å². The molecule has 0 spiro atoms. The fraction of sp³-hybridized carbons (Fsp3) is 0.400. The zero-order valence-corrected chi connectivity index (χ0v) is 12.1. The van der Waals surface area contributed by atoms with Crippen molar-refractivity contribution < 1.29 is 5.11 Å². The van der Waals surface area contributed by atoms with E-state index in [4.69, 9.17) is 5.73 Å². The molecule has 1 aromatic heterocycles. The Hall–Kier alpha value is -1.85. The zero-order valence-electron chi connectivity index (χ0n) is 12.1. The normalized spacial score (nSPS) is 10.8. The van der Waals surface area contributed by atoms with Gasteiger partial charge in [-0.2, -0.15) is 5.10 Å². The lowest BCUT2D eigenvalue weighted by Gasteiger charge is -2.25. The molecule has 0 atom stereocenters. The minimum absolute atomic E-state index is 0.0983. The van der Waals surface area contributed by atoms with Crippen LogP contribution >= 0.6 is 0 Å². The van der Waals surface area contributed by atoms with E-state index >= 15 is 0 Å². The maximum absolute atomic E-state index is 9.33. The topological polar surface area (TPSA) is 67.3 Å². The van der Waals surface area contributed by atoms with Crippen LogP contribution in [0.2, 0.25) is 0 Å². The molecule has 1 heterocycles. The lowest BCUT2D eigenvalue weighted by molar-refractivity contribution is 0.300. The SMILES string of the molecule is Cc1nn(C)c(N(CCO)Cc2ccccc2)c1CN. The minimum atomic E-state index is 0.0983. The molecule has 0 fully saturated rings. The van der Waals surface area contributed by atoms with Gasteiger partial charge in [0.2, 0.25) is 0 Å². The van der Waals surface area contributed by atoms with Crippen LogP contribution in [-0.4, -0.2) is 28.0 Å². The molecule has 5 heteroatoms. The number of aryl methyl sites for hydroxylation is 2. The van der Waals surface area contributed by atoms with Gasteiger partial charge in [-0.1, -0.05) is 30.3 Å². The Morgan fingerprint density at radius 3 is 2.60 bits per heavy atom. The van der Waals surface area contributed by atoms with E-state index in [0.29, 0.717) is 13.1 Å². The van der Waals surface area contributed by atoms with Crippen LogP contribution in [0, 0.1) is 6.92 Å². The summed E-state index contributed by atoms with van der Waals surface area (Å²) < 4.78 is 1.84. The number of hydrogen-bond donors (Lipinski definition) is 2. The van der Waals surface area contributed by atoms with Crippen LogP contribution in [0.4, 0.5) is 5.82 Å². The predicted molar refractivity (Wildman–Crippen MR) is 80.4 cm³/mol. The monoisotopic (exact) mass is 274 g/mol. The van der Waals surface area contributed by atoms with Gasteiger partial charge in [0.1, 0.15) is 5.82 Å². The summed E-state index contributed by atoms with van der Waals surface area (Å²) in [5.74, 6) is 0.989. The minimum Gasteiger partial charge on any atom is -0.395 e. The van der Waals surface area contributed by atoms with Gasteiger partial charge in [-0.05, 0) is 12.5 Å². The first-order valence-electron chi connectivity index (χ1n) is 6.79. The Balaban J connectivity index is 2.33. The molecule has 0 aliphatic rings. The molecule has 0 saturated heterocycles. The van der Waals surface area contributed by atoms with Crippen molar-refractivity contribution in [3.63, 3.8) is 0 Å². The molecular weight excluding hydrogens is 252 g/mol. The fourth-order valence-electron chi connectivity index (χ4n) is 2.51. The van der Waals surface area contributed by atoms with E-state index in [2.05, 4.69) is 22.1 Å². The second-order valence-corrected chi connectivity index (χ2v) is 4.85. The van der Waals surface area contributed by atoms with E-state index in [-0.39, 0.29) is 6.61 Å². The highest BCUT2D eigenvalue weighted by Crippen LogP contribution is 2.24. The van der Waals surface area contributed by atoms with Crippen molar-refractivity contribution in [3.05, 3.63) is 47.2 Å². The number of rotatable bonds is 6. The van der Waals surface area contributed by atoms with Gasteiger partial charge in [0.05, 0.1) is 12.3 Å². The second kappa shape index (κ2) is 6.54. The molecule has 0 amide bonds. The van der Waals surface area contributed by atoms with Crippen LogP contribution < -0.4 is 10.6 Å². The van der Waals surface area contributed by atoms with E-state index in [1.165, 1.54) is 5.56 Å². The summed E-state index contributed by atoms with van der Waals surface area (Å²) in [5.41, 5.74) is 9.03. The highest BCUT2D eigenvalue weighted by Gasteiger charge is 2.18. The van der Waals surface area contributed by atoms with Crippen LogP contribution in [0.15, 0.2) is 30.3 Å². The highest BCUT2D eigenvalue weighted by atomic mass is 16.3. The summed E-state index contributed by atoms with van der Waals surface area (Å²) in [5, 5.41) is 13.8. The maximum atomic E-state index is 9.33. The molecule has 2 rings (SSSR count). The molecule has 20 heavy (non-hydrogen) atoms. The summed E-state index contributed by atoms with van der Waals surface area (Å²) >= 11 is 0. The van der Waals surface area contributed by atoms with Crippen molar-refractivity contribution in [2.75, 3.05) is 18.1 Å². The molecule has 0 bridgehead atoms. The van der Waals surface area contributed by atoms with Gasteiger partial charge in [0.15, 0.2) is 0 Å². The average molecular weight is 274 g/mol. The molecule has 0 unspecified atom stereocenters. The smallest absolute Gasteiger partial charge is 0.131 e. The Kier molecular flexibility index (Phi) is 4.76. The first-order chi connectivity index (χ1) is 9.67. The summed E-state index contributed by atoms with van der Waals surface area (Å²) in [6, 6.07) is 10.2. The molecular formula is C15H22N4O. The van der Waals surface area contributed by atoms with Gasteiger partial charge >= 0.3 is 0 Å². The van der Waals surface area contributed by atoms with Crippen molar-refractivity contribution in [2.45, 2.75) is 20.0 Å². The highest BCUT2D eigenvalue weighted by molar-refractivity contribution is 5.50. The molecule has 0 aliphatic heterocycles. The molecule has 5 nitrogen and oxygen atoms in total. The van der Waals surface area contributed by atoms with Gasteiger partial charge in [0.25, 0.3) is 0 Å². The van der Waals surface area contributed by atoms with E-state index in [1.54, 1.807) is 0 Å². The Labute approximate surface area is 119 Å². The molecule has 2 aromatic rings. The molecule has 3 N–H and O–H groups in total. The fourth-order valence-corrected chi connectivity index (χ4v) is 2.51. The number of benzene rings is 1. The van der Waals surface area contributed by atoms with Gasteiger partial charge in [-0.25, -0.2) is 0 Å². The maximum Gasteiger partial charge on any atom is 0.131 e. The molecule has 0 saturated carbocycles. The van der Waals surface area contributed by atoms with Crippen LogP contribution in [0.1, 0.15) is 16.8 Å². The van der Waals surface area contributed by atoms with E-state index in [0.717, 1.165) is 23.6 Å². The number of aliphatic hydroxyl groups is 1. The van der Waals surface area contributed by atoms with E-state index in [1.807, 2.05) is 36.9 Å². The zero-order chi connectivity index (χ0) is 14.5. The number of nitrogens with zero attached hydrogens (tertiary/aromatic N) is 3. The van der Waals surface area contributed by atoms with Crippen molar-refractivity contribution in [2.24, 2.45) is 12.8 Å². The molecule has 0 aliphatic carbocycles. The van der Waals surface area contributed by atoms with Gasteiger partial charge in [-0.3, -0.25) is 4.68 Å². The summed E-state index contributed by atoms with van der Waals surface area (Å²) in [7, 11) is 1.91. The predicted octanol–water partition coefficient (Wildman–Crippen LogP) is 1.19. The summed E-state index contributed by atoms with van der Waals surface area (Å²) in [4.78, 5) is 2.12. The Bertz CT molecular complexity index is 551. The van der Waals surface area contributed by atoms with Crippen molar-refractivity contribution in [1.82, 2.24) is 9.78 Å². The second-order valence-electron chi connectivity index (χ2n) is 4.85. The quantitative estimate of drug-likeness (QED) is 0.830. The first kappa shape index (κ1) is 14.6. The standard InChI is InChI=1S/C15H22N4O/c1-12-14(10-16)15(18(2)17-12)19(8-9-20)11-13-6-4-3-5-7-13/h3-7,20H,8-11,16H2,1-2H3. The summed E-state index contributed by atoms with van der Waals surface area (Å²) in [6.45, 7) is 3.80. The van der Waals surface area contributed by atoms with Crippen molar-refractivity contribution in [1.29, 1.82) is 0 Å². The number of aliphatic hydroxyl groups excluding tert-OH is 1. The van der Waals surface area contributed by atoms with Gasteiger partial charge < -0.3 is 15.7 Å². The Morgan fingerprint density at radius 1 is 1.30 bits per heavy atom. The number of aromatic nitrogens is 2. The number of hydrogen-bond acceptors (Lipinski definition) is 4. The third-order valence-corrected chi connectivity index (χ3v) is 3.40. The lowest BCUT2D eigenvalue weighted by atomic mass is 10.2. The van der Waals surface area contributed by atoms with Gasteiger partial charge in [0, 0.05) is 32.2 Å². The largest absolute Gasteiger partial charge is 0.395 e. The van der Waals surface area contributed by atoms with Crippen LogP contribution in [0.25, 0.3) is 0 Å². The third-order valence-electron chi connectivity index (χ3n) is 3.40. The van der Waals surface area contributed by atoms with Crippen molar-refractivity contribution in [3.8, 4) is 0 Å². The van der Waals surface area contributed by atoms with Crippen molar-refractivity contribution >= 4 is 5.82 Å². The van der Waals surface area contributed by atoms with Crippen LogP contribution in [-0.2, 0) is 20.1 Å². The first-order valence-corrected chi connectivity index (χ1v) is 6.79. The number of anilines is 1. The van der Waals surface area contributed by atoms with Gasteiger partial charge in [-0.15, -0.1) is 0 Å². The molecule has 108 valence electrons. The third kappa shape index (κ3) is 3.00. The Morgan fingerprint density at radius 2 is 2.00 bits per heavy atom. The van der Waals surface area contributed by atoms with Crippen LogP contribution in [0.5, 0.6) is 0 Å².